The van der Waals surface area contributed by atoms with E-state index in [2.05, 4.69) is 0 Å². The van der Waals surface area contributed by atoms with Gasteiger partial charge in [-0.25, -0.2) is 0 Å². The van der Waals surface area contributed by atoms with Crippen molar-refractivity contribution in [1.29, 1.82) is 0 Å². The van der Waals surface area contributed by atoms with Crippen molar-refractivity contribution in [2.24, 2.45) is 0 Å². The van der Waals surface area contributed by atoms with Crippen molar-refractivity contribution < 1.29 is 22.1 Å². The summed E-state index contributed by atoms with van der Waals surface area (Å²) in [7, 11) is -2.47. The molecule has 0 amide bonds. The minimum atomic E-state index is -3.95. The molecule has 0 fully saturated rings. The quantitative estimate of drug-likeness (QED) is 0.776. The lowest BCUT2D eigenvalue weighted by Crippen LogP contribution is -2.10. The molecule has 1 heterocycles. The second kappa shape index (κ2) is 6.57. The fraction of sp³-hybridized carbons (Fsp3) is 0.222. The van der Waals surface area contributed by atoms with Gasteiger partial charge in [-0.15, -0.1) is 0 Å². The molecule has 0 unspecified atom stereocenters. The smallest absolute Gasteiger partial charge is 0.339 e. The van der Waals surface area contributed by atoms with Crippen LogP contribution >= 0.6 is 0 Å². The largest absolute Gasteiger partial charge is 0.493 e. The van der Waals surface area contributed by atoms with Crippen molar-refractivity contribution in [1.82, 2.24) is 0 Å². The van der Waals surface area contributed by atoms with Crippen LogP contribution in [0.1, 0.15) is 18.1 Å². The van der Waals surface area contributed by atoms with E-state index in [0.717, 1.165) is 16.9 Å². The highest BCUT2D eigenvalue weighted by Crippen LogP contribution is 2.33. The number of rotatable bonds is 5. The zero-order chi connectivity index (χ0) is 17.2. The molecule has 0 saturated heterocycles. The molecule has 126 valence electrons. The Hall–Kier alpha value is -2.47. The Morgan fingerprint density at radius 1 is 1.12 bits per heavy atom. The Morgan fingerprint density at radius 2 is 1.96 bits per heavy atom. The Labute approximate surface area is 141 Å². The van der Waals surface area contributed by atoms with Gasteiger partial charge in [0, 0.05) is 6.42 Å². The first-order valence-electron chi connectivity index (χ1n) is 7.54. The maximum atomic E-state index is 12.5. The van der Waals surface area contributed by atoms with Gasteiger partial charge < -0.3 is 13.7 Å². The molecule has 0 N–H and O–H groups in total. The van der Waals surface area contributed by atoms with E-state index in [0.29, 0.717) is 18.8 Å². The third kappa shape index (κ3) is 3.23. The molecule has 0 aromatic heterocycles. The van der Waals surface area contributed by atoms with Crippen molar-refractivity contribution in [3.05, 3.63) is 53.6 Å². The Kier molecular flexibility index (Phi) is 4.49. The normalized spacial score (nSPS) is 13.6. The van der Waals surface area contributed by atoms with Gasteiger partial charge in [-0.2, -0.15) is 8.42 Å². The van der Waals surface area contributed by atoms with E-state index in [9.17, 15) is 8.42 Å². The third-order valence-electron chi connectivity index (χ3n) is 3.70. The van der Waals surface area contributed by atoms with Gasteiger partial charge in [-0.05, 0) is 48.4 Å². The molecular formula is C18H18O5S. The first-order chi connectivity index (χ1) is 11.5. The molecule has 1 aliphatic rings. The predicted octanol–water partition coefficient (Wildman–Crippen LogP) is 3.43. The first-order valence-corrected chi connectivity index (χ1v) is 8.95. The summed E-state index contributed by atoms with van der Waals surface area (Å²) in [5, 5.41) is 0. The standard InChI is InChI=1S/C18H18O5S/c1-3-4-13-5-7-17(18(11-13)21-2)23-24(19,20)15-6-8-16-14(12-15)9-10-22-16/h3-8,11-12H,9-10H2,1-2H3/b4-3+. The molecule has 0 bridgehead atoms. The number of ether oxygens (including phenoxy) is 2. The molecule has 0 aliphatic carbocycles. The van der Waals surface area contributed by atoms with E-state index >= 15 is 0 Å². The molecule has 24 heavy (non-hydrogen) atoms. The molecule has 1 aliphatic heterocycles. The number of methoxy groups -OCH3 is 1. The summed E-state index contributed by atoms with van der Waals surface area (Å²) in [6, 6.07) is 9.82. The van der Waals surface area contributed by atoms with Crippen LogP contribution in [0.2, 0.25) is 0 Å². The van der Waals surface area contributed by atoms with E-state index < -0.39 is 10.1 Å². The summed E-state index contributed by atoms with van der Waals surface area (Å²) in [5.74, 6) is 1.24. The highest BCUT2D eigenvalue weighted by Gasteiger charge is 2.22. The fourth-order valence-corrected chi connectivity index (χ4v) is 3.53. The van der Waals surface area contributed by atoms with E-state index in [4.69, 9.17) is 13.7 Å². The number of hydrogen-bond acceptors (Lipinski definition) is 5. The van der Waals surface area contributed by atoms with Gasteiger partial charge in [0.05, 0.1) is 13.7 Å². The van der Waals surface area contributed by atoms with Crippen molar-refractivity contribution in [2.75, 3.05) is 13.7 Å². The monoisotopic (exact) mass is 346 g/mol. The van der Waals surface area contributed by atoms with Crippen LogP contribution in [0.5, 0.6) is 17.2 Å². The van der Waals surface area contributed by atoms with Crippen molar-refractivity contribution in [3.8, 4) is 17.2 Å². The van der Waals surface area contributed by atoms with Crippen LogP contribution in [0.15, 0.2) is 47.4 Å². The molecule has 0 radical (unpaired) electrons. The van der Waals surface area contributed by atoms with E-state index in [1.807, 2.05) is 19.1 Å². The van der Waals surface area contributed by atoms with Gasteiger partial charge >= 0.3 is 10.1 Å². The summed E-state index contributed by atoms with van der Waals surface area (Å²) < 4.78 is 41.0. The zero-order valence-corrected chi connectivity index (χ0v) is 14.3. The molecule has 0 atom stereocenters. The van der Waals surface area contributed by atoms with Crippen LogP contribution in [0.25, 0.3) is 6.08 Å². The molecule has 5 nitrogen and oxygen atoms in total. The molecule has 6 heteroatoms. The molecule has 2 aromatic rings. The van der Waals surface area contributed by atoms with Crippen molar-refractivity contribution >= 4 is 16.2 Å². The summed E-state index contributed by atoms with van der Waals surface area (Å²) in [4.78, 5) is 0.103. The number of hydrogen-bond donors (Lipinski definition) is 0. The second-order valence-electron chi connectivity index (χ2n) is 5.32. The summed E-state index contributed by atoms with van der Waals surface area (Å²) >= 11 is 0. The lowest BCUT2D eigenvalue weighted by atomic mass is 10.2. The third-order valence-corrected chi connectivity index (χ3v) is 4.93. The van der Waals surface area contributed by atoms with Crippen LogP contribution in [0.3, 0.4) is 0 Å². The Morgan fingerprint density at radius 3 is 2.71 bits per heavy atom. The fourth-order valence-electron chi connectivity index (χ4n) is 2.53. The topological polar surface area (TPSA) is 61.8 Å². The number of fused-ring (bicyclic) bond motifs is 1. The van der Waals surface area contributed by atoms with Gasteiger partial charge in [0.1, 0.15) is 10.6 Å². The summed E-state index contributed by atoms with van der Waals surface area (Å²) in [5.41, 5.74) is 1.77. The maximum Gasteiger partial charge on any atom is 0.339 e. The molecular weight excluding hydrogens is 328 g/mol. The number of benzene rings is 2. The number of allylic oxidation sites excluding steroid dienone is 1. The molecule has 0 spiro atoms. The maximum absolute atomic E-state index is 12.5. The second-order valence-corrected chi connectivity index (χ2v) is 6.86. The van der Waals surface area contributed by atoms with Gasteiger partial charge in [0.25, 0.3) is 0 Å². The van der Waals surface area contributed by atoms with Crippen LogP contribution < -0.4 is 13.7 Å². The lowest BCUT2D eigenvalue weighted by molar-refractivity contribution is 0.356. The molecule has 3 rings (SSSR count). The Balaban J connectivity index is 1.92. The minimum absolute atomic E-state index is 0.103. The first kappa shape index (κ1) is 16.4. The van der Waals surface area contributed by atoms with E-state index in [1.54, 1.807) is 30.3 Å². The minimum Gasteiger partial charge on any atom is -0.493 e. The summed E-state index contributed by atoms with van der Waals surface area (Å²) in [6.45, 7) is 2.47. The van der Waals surface area contributed by atoms with Gasteiger partial charge in [-0.1, -0.05) is 18.2 Å². The SMILES string of the molecule is C/C=C/c1ccc(OS(=O)(=O)c2ccc3c(c2)CCO3)c(OC)c1. The lowest BCUT2D eigenvalue weighted by Gasteiger charge is -2.12. The average Bonchev–Trinajstić information content (AvgIpc) is 3.04. The zero-order valence-electron chi connectivity index (χ0n) is 13.5. The Bertz CT molecular complexity index is 884. The van der Waals surface area contributed by atoms with Crippen LogP contribution in [0, 0.1) is 0 Å². The van der Waals surface area contributed by atoms with Crippen LogP contribution in [0.4, 0.5) is 0 Å². The van der Waals surface area contributed by atoms with Crippen LogP contribution in [-0.2, 0) is 16.5 Å². The predicted molar refractivity (Wildman–Crippen MR) is 91.2 cm³/mol. The van der Waals surface area contributed by atoms with E-state index in [1.165, 1.54) is 13.2 Å². The van der Waals surface area contributed by atoms with Crippen molar-refractivity contribution in [3.63, 3.8) is 0 Å². The van der Waals surface area contributed by atoms with Crippen LogP contribution in [-0.4, -0.2) is 22.1 Å². The molecule has 2 aromatic carbocycles. The van der Waals surface area contributed by atoms with E-state index in [-0.39, 0.29) is 10.6 Å². The average molecular weight is 346 g/mol. The summed E-state index contributed by atoms with van der Waals surface area (Å²) in [6.07, 6.45) is 4.47. The highest BCUT2D eigenvalue weighted by molar-refractivity contribution is 7.87. The van der Waals surface area contributed by atoms with Gasteiger partial charge in [0.15, 0.2) is 11.5 Å². The van der Waals surface area contributed by atoms with Crippen molar-refractivity contribution in [2.45, 2.75) is 18.2 Å². The molecule has 0 saturated carbocycles. The van der Waals surface area contributed by atoms with Gasteiger partial charge in [-0.3, -0.25) is 0 Å². The highest BCUT2D eigenvalue weighted by atomic mass is 32.2. The van der Waals surface area contributed by atoms with Gasteiger partial charge in [0.2, 0.25) is 0 Å².